The summed E-state index contributed by atoms with van der Waals surface area (Å²) in [5.41, 5.74) is 0. The second-order valence-electron chi connectivity index (χ2n) is 4.63. The van der Waals surface area contributed by atoms with Crippen molar-refractivity contribution < 1.29 is 13.2 Å². The highest BCUT2D eigenvalue weighted by molar-refractivity contribution is 9.09. The van der Waals surface area contributed by atoms with Crippen molar-refractivity contribution in [2.75, 3.05) is 24.7 Å². The van der Waals surface area contributed by atoms with Crippen molar-refractivity contribution >= 4 is 31.9 Å². The molecule has 7 heteroatoms. The van der Waals surface area contributed by atoms with Gasteiger partial charge in [-0.25, -0.2) is 13.1 Å². The van der Waals surface area contributed by atoms with E-state index in [1.807, 2.05) is 4.90 Å². The molecule has 1 N–H and O–H groups in total. The molecule has 0 aliphatic carbocycles. The minimum absolute atomic E-state index is 0.163. The van der Waals surface area contributed by atoms with Crippen molar-refractivity contribution in [3.05, 3.63) is 0 Å². The Morgan fingerprint density at radius 3 is 2.78 bits per heavy atom. The number of amides is 1. The Morgan fingerprint density at radius 2 is 2.17 bits per heavy atom. The van der Waals surface area contributed by atoms with Crippen molar-refractivity contribution in [2.45, 2.75) is 38.1 Å². The molecule has 106 valence electrons. The van der Waals surface area contributed by atoms with Gasteiger partial charge in [-0.3, -0.25) is 4.79 Å². The highest BCUT2D eigenvalue weighted by Crippen LogP contribution is 2.20. The van der Waals surface area contributed by atoms with Crippen molar-refractivity contribution in [1.29, 1.82) is 0 Å². The van der Waals surface area contributed by atoms with Crippen LogP contribution in [0.3, 0.4) is 0 Å². The van der Waals surface area contributed by atoms with Gasteiger partial charge in [0.2, 0.25) is 15.9 Å². The van der Waals surface area contributed by atoms with Crippen LogP contribution in [0, 0.1) is 0 Å². The second-order valence-corrected chi connectivity index (χ2v) is 7.26. The van der Waals surface area contributed by atoms with Gasteiger partial charge in [-0.2, -0.15) is 0 Å². The van der Waals surface area contributed by atoms with Crippen LogP contribution in [0.25, 0.3) is 0 Å². The molecule has 1 heterocycles. The number of sulfonamides is 1. The average molecular weight is 341 g/mol. The van der Waals surface area contributed by atoms with Gasteiger partial charge in [-0.05, 0) is 25.7 Å². The van der Waals surface area contributed by atoms with Gasteiger partial charge in [-0.1, -0.05) is 15.9 Å². The predicted octanol–water partition coefficient (Wildman–Crippen LogP) is 1.09. The summed E-state index contributed by atoms with van der Waals surface area (Å²) < 4.78 is 24.5. The normalized spacial score (nSPS) is 21.0. The third-order valence-electron chi connectivity index (χ3n) is 3.10. The van der Waals surface area contributed by atoms with Crippen LogP contribution < -0.4 is 4.72 Å². The monoisotopic (exact) mass is 340 g/mol. The molecule has 1 aliphatic rings. The van der Waals surface area contributed by atoms with Gasteiger partial charge >= 0.3 is 0 Å². The lowest BCUT2D eigenvalue weighted by Gasteiger charge is -2.36. The van der Waals surface area contributed by atoms with Crippen LogP contribution in [0.5, 0.6) is 0 Å². The number of alkyl halides is 1. The molecule has 1 fully saturated rings. The molecule has 1 rings (SSSR count). The maximum atomic E-state index is 11.9. The number of likely N-dealkylation sites (tertiary alicyclic amines) is 1. The van der Waals surface area contributed by atoms with Gasteiger partial charge in [0.15, 0.2) is 0 Å². The van der Waals surface area contributed by atoms with E-state index in [-0.39, 0.29) is 11.9 Å². The van der Waals surface area contributed by atoms with Gasteiger partial charge in [0.05, 0.1) is 6.26 Å². The van der Waals surface area contributed by atoms with E-state index >= 15 is 0 Å². The van der Waals surface area contributed by atoms with Gasteiger partial charge < -0.3 is 4.90 Å². The Hall–Kier alpha value is -0.140. The third-order valence-corrected chi connectivity index (χ3v) is 4.22. The standard InChI is InChI=1S/C11H21BrN2O3S/c1-18(16,17)13-8-6-10-4-2-3-9-14(10)11(15)5-7-12/h10,13H,2-9H2,1H3. The molecule has 18 heavy (non-hydrogen) atoms. The smallest absolute Gasteiger partial charge is 0.223 e. The van der Waals surface area contributed by atoms with Crippen molar-refractivity contribution in [1.82, 2.24) is 9.62 Å². The second kappa shape index (κ2) is 7.45. The van der Waals surface area contributed by atoms with Crippen LogP contribution in [0.4, 0.5) is 0 Å². The van der Waals surface area contributed by atoms with Crippen LogP contribution in [0.2, 0.25) is 0 Å². The lowest BCUT2D eigenvalue weighted by Crippen LogP contribution is -2.45. The zero-order valence-corrected chi connectivity index (χ0v) is 13.1. The summed E-state index contributed by atoms with van der Waals surface area (Å²) in [5, 5.41) is 0.677. The van der Waals surface area contributed by atoms with Crippen LogP contribution in [0.15, 0.2) is 0 Å². The highest BCUT2D eigenvalue weighted by Gasteiger charge is 2.25. The summed E-state index contributed by atoms with van der Waals surface area (Å²) in [6.45, 7) is 1.21. The van der Waals surface area contributed by atoms with Gasteiger partial charge in [0.1, 0.15) is 0 Å². The molecule has 1 unspecified atom stereocenters. The molecule has 1 aliphatic heterocycles. The molecule has 0 radical (unpaired) electrons. The number of carbonyl (C=O) groups excluding carboxylic acids is 1. The first kappa shape index (κ1) is 15.9. The zero-order valence-electron chi connectivity index (χ0n) is 10.7. The maximum Gasteiger partial charge on any atom is 0.223 e. The number of hydrogen-bond donors (Lipinski definition) is 1. The fraction of sp³-hybridized carbons (Fsp3) is 0.909. The summed E-state index contributed by atoms with van der Waals surface area (Å²) >= 11 is 3.28. The molecule has 0 saturated carbocycles. The van der Waals surface area contributed by atoms with E-state index in [2.05, 4.69) is 20.7 Å². The maximum absolute atomic E-state index is 11.9. The lowest BCUT2D eigenvalue weighted by molar-refractivity contribution is -0.134. The molecule has 0 aromatic heterocycles. The van der Waals surface area contributed by atoms with E-state index < -0.39 is 10.0 Å². The summed E-state index contributed by atoms with van der Waals surface area (Å²) in [7, 11) is -3.13. The zero-order chi connectivity index (χ0) is 13.6. The Bertz CT molecular complexity index is 372. The van der Waals surface area contributed by atoms with Crippen molar-refractivity contribution in [2.24, 2.45) is 0 Å². The fourth-order valence-corrected chi connectivity index (χ4v) is 3.09. The Balaban J connectivity index is 2.47. The van der Waals surface area contributed by atoms with E-state index in [4.69, 9.17) is 0 Å². The van der Waals surface area contributed by atoms with E-state index in [1.54, 1.807) is 0 Å². The van der Waals surface area contributed by atoms with Crippen molar-refractivity contribution in [3.63, 3.8) is 0 Å². The van der Waals surface area contributed by atoms with E-state index in [9.17, 15) is 13.2 Å². The van der Waals surface area contributed by atoms with E-state index in [1.165, 1.54) is 0 Å². The number of hydrogen-bond acceptors (Lipinski definition) is 3. The number of piperidine rings is 1. The molecular weight excluding hydrogens is 320 g/mol. The van der Waals surface area contributed by atoms with Crippen LogP contribution in [0.1, 0.15) is 32.1 Å². The summed E-state index contributed by atoms with van der Waals surface area (Å²) in [6.07, 6.45) is 5.49. The summed E-state index contributed by atoms with van der Waals surface area (Å²) in [6, 6.07) is 0.180. The number of halogens is 1. The highest BCUT2D eigenvalue weighted by atomic mass is 79.9. The molecule has 5 nitrogen and oxygen atoms in total. The summed E-state index contributed by atoms with van der Waals surface area (Å²) in [4.78, 5) is 13.8. The SMILES string of the molecule is CS(=O)(=O)NCCC1CCCCN1C(=O)CCBr. The van der Waals surface area contributed by atoms with Crippen LogP contribution in [-0.4, -0.2) is 49.9 Å². The van der Waals surface area contributed by atoms with Gasteiger partial charge in [0, 0.05) is 30.9 Å². The lowest BCUT2D eigenvalue weighted by atomic mass is 9.99. The summed E-state index contributed by atoms with van der Waals surface area (Å²) in [5.74, 6) is 0.163. The Labute approximate surface area is 117 Å². The molecule has 1 amide bonds. The first-order valence-corrected chi connectivity index (χ1v) is 9.25. The first-order valence-electron chi connectivity index (χ1n) is 6.24. The van der Waals surface area contributed by atoms with Gasteiger partial charge in [0.25, 0.3) is 0 Å². The largest absolute Gasteiger partial charge is 0.340 e. The minimum Gasteiger partial charge on any atom is -0.340 e. The molecule has 0 bridgehead atoms. The number of rotatable bonds is 6. The number of nitrogens with one attached hydrogen (secondary N) is 1. The predicted molar refractivity (Wildman–Crippen MR) is 75.2 cm³/mol. The van der Waals surface area contributed by atoms with Crippen LogP contribution in [-0.2, 0) is 14.8 Å². The Morgan fingerprint density at radius 1 is 1.44 bits per heavy atom. The first-order chi connectivity index (χ1) is 8.44. The third kappa shape index (κ3) is 5.67. The van der Waals surface area contributed by atoms with E-state index in [0.29, 0.717) is 24.7 Å². The quantitative estimate of drug-likeness (QED) is 0.736. The topological polar surface area (TPSA) is 66.5 Å². The van der Waals surface area contributed by atoms with Gasteiger partial charge in [-0.15, -0.1) is 0 Å². The molecule has 0 aromatic carbocycles. The molecule has 1 atom stereocenters. The minimum atomic E-state index is -3.13. The molecule has 1 saturated heterocycles. The molecule has 0 spiro atoms. The molecular formula is C11H21BrN2O3S. The Kier molecular flexibility index (Phi) is 6.59. The van der Waals surface area contributed by atoms with Crippen molar-refractivity contribution in [3.8, 4) is 0 Å². The van der Waals surface area contributed by atoms with E-state index in [0.717, 1.165) is 32.1 Å². The average Bonchev–Trinajstić information content (AvgIpc) is 2.28. The number of nitrogens with zero attached hydrogens (tertiary/aromatic N) is 1. The van der Waals surface area contributed by atoms with Crippen LogP contribution >= 0.6 is 15.9 Å². The number of carbonyl (C=O) groups is 1. The fourth-order valence-electron chi connectivity index (χ4n) is 2.26. The molecule has 0 aromatic rings.